The van der Waals surface area contributed by atoms with Crippen molar-refractivity contribution in [3.63, 3.8) is 0 Å². The van der Waals surface area contributed by atoms with Gasteiger partial charge in [0.1, 0.15) is 5.75 Å². The molecule has 0 aromatic heterocycles. The molecule has 0 amide bonds. The maximum Gasteiger partial charge on any atom is 0.390 e. The molecule has 1 unspecified atom stereocenters. The second-order valence-electron chi connectivity index (χ2n) is 3.80. The average Bonchev–Trinajstić information content (AvgIpc) is 2.35. The summed E-state index contributed by atoms with van der Waals surface area (Å²) >= 11 is 0. The van der Waals surface area contributed by atoms with Crippen LogP contribution in [0.2, 0.25) is 0 Å². The van der Waals surface area contributed by atoms with Crippen molar-refractivity contribution in [3.05, 3.63) is 29.8 Å². The molecule has 0 bridgehead atoms. The van der Waals surface area contributed by atoms with Crippen LogP contribution >= 0.6 is 0 Å². The van der Waals surface area contributed by atoms with Crippen molar-refractivity contribution in [1.29, 1.82) is 0 Å². The molecule has 18 heavy (non-hydrogen) atoms. The van der Waals surface area contributed by atoms with Gasteiger partial charge in [-0.05, 0) is 24.6 Å². The highest BCUT2D eigenvalue weighted by Gasteiger charge is 2.36. The van der Waals surface area contributed by atoms with E-state index in [9.17, 15) is 19.8 Å². The van der Waals surface area contributed by atoms with Crippen LogP contribution in [0.15, 0.2) is 24.3 Å². The Balaban J connectivity index is 2.79. The Kier molecular flexibility index (Phi) is 4.28. The van der Waals surface area contributed by atoms with Crippen LogP contribution < -0.4 is 0 Å². The number of carbonyl (C=O) groups excluding carboxylic acids is 2. The van der Waals surface area contributed by atoms with Crippen LogP contribution in [0.4, 0.5) is 0 Å². The van der Waals surface area contributed by atoms with Crippen LogP contribution in [0.25, 0.3) is 0 Å². The monoisotopic (exact) mass is 254 g/mol. The predicted molar refractivity (Wildman–Crippen MR) is 60.2 cm³/mol. The van der Waals surface area contributed by atoms with E-state index < -0.39 is 17.5 Å². The second kappa shape index (κ2) is 5.50. The number of hydrogen-bond acceptors (Lipinski definition) is 6. The van der Waals surface area contributed by atoms with Gasteiger partial charge in [-0.2, -0.15) is 0 Å². The van der Waals surface area contributed by atoms with Gasteiger partial charge < -0.3 is 10.2 Å². The molecular formula is C12H14O6. The van der Waals surface area contributed by atoms with Gasteiger partial charge in [-0.15, -0.1) is 0 Å². The van der Waals surface area contributed by atoms with Gasteiger partial charge >= 0.3 is 11.9 Å². The van der Waals surface area contributed by atoms with Gasteiger partial charge in [0.25, 0.3) is 0 Å². The van der Waals surface area contributed by atoms with Crippen LogP contribution in [0.5, 0.6) is 5.75 Å². The molecule has 0 saturated carbocycles. The number of carbonyl (C=O) groups is 2. The third kappa shape index (κ3) is 3.21. The highest BCUT2D eigenvalue weighted by atomic mass is 17.2. The fraction of sp³-hybridized carbons (Fsp3) is 0.333. The number of phenols is 1. The van der Waals surface area contributed by atoms with E-state index >= 15 is 0 Å². The van der Waals surface area contributed by atoms with E-state index in [-0.39, 0.29) is 17.7 Å². The summed E-state index contributed by atoms with van der Waals surface area (Å²) < 4.78 is 0. The van der Waals surface area contributed by atoms with Crippen LogP contribution in [0.1, 0.15) is 25.8 Å². The van der Waals surface area contributed by atoms with Crippen molar-refractivity contribution in [1.82, 2.24) is 0 Å². The van der Waals surface area contributed by atoms with Crippen LogP contribution in [-0.2, 0) is 25.0 Å². The summed E-state index contributed by atoms with van der Waals surface area (Å²) in [5, 5.41) is 19.3. The lowest BCUT2D eigenvalue weighted by Crippen LogP contribution is -2.34. The zero-order valence-corrected chi connectivity index (χ0v) is 10.0. The van der Waals surface area contributed by atoms with Crippen LogP contribution in [0.3, 0.4) is 0 Å². The maximum absolute atomic E-state index is 11.6. The fourth-order valence-corrected chi connectivity index (χ4v) is 1.15. The Labute approximate surface area is 104 Å². The normalized spacial score (nSPS) is 13.5. The minimum Gasteiger partial charge on any atom is -0.508 e. The second-order valence-corrected chi connectivity index (χ2v) is 3.80. The lowest BCUT2D eigenvalue weighted by atomic mass is 9.96. The van der Waals surface area contributed by atoms with E-state index in [0.29, 0.717) is 0 Å². The minimum absolute atomic E-state index is 0.0432. The first kappa shape index (κ1) is 14.0. The predicted octanol–water partition coefficient (Wildman–Crippen LogP) is 1.01. The number of aliphatic hydroxyl groups is 1. The van der Waals surface area contributed by atoms with Gasteiger partial charge in [0.05, 0.1) is 0 Å². The number of aromatic hydroxyl groups is 1. The average molecular weight is 254 g/mol. The van der Waals surface area contributed by atoms with E-state index in [1.54, 1.807) is 0 Å². The Bertz CT molecular complexity index is 452. The molecule has 6 heteroatoms. The van der Waals surface area contributed by atoms with Gasteiger partial charge in [-0.1, -0.05) is 19.1 Å². The van der Waals surface area contributed by atoms with Crippen molar-refractivity contribution >= 4 is 11.9 Å². The number of hydrogen-bond donors (Lipinski definition) is 2. The van der Waals surface area contributed by atoms with E-state index in [1.807, 2.05) is 0 Å². The van der Waals surface area contributed by atoms with Crippen molar-refractivity contribution in [2.75, 3.05) is 0 Å². The third-order valence-corrected chi connectivity index (χ3v) is 2.30. The van der Waals surface area contributed by atoms with Gasteiger partial charge in [0.2, 0.25) is 0 Å². The summed E-state index contributed by atoms with van der Waals surface area (Å²) in [5.41, 5.74) is -1.90. The number of rotatable bonds is 3. The van der Waals surface area contributed by atoms with Gasteiger partial charge in [-0.3, -0.25) is 0 Å². The summed E-state index contributed by atoms with van der Waals surface area (Å²) in [7, 11) is 0. The van der Waals surface area contributed by atoms with E-state index in [2.05, 4.69) is 9.78 Å². The minimum atomic E-state index is -2.02. The standard InChI is InChI=1S/C12H14O6/c1-3-10(14)17-18-11(15)12(2,16)8-5-4-6-9(13)7-8/h4-7,13,16H,3H2,1-2H3. The Morgan fingerprint density at radius 2 is 2.00 bits per heavy atom. The van der Waals surface area contributed by atoms with Crippen molar-refractivity contribution in [3.8, 4) is 5.75 Å². The van der Waals surface area contributed by atoms with Gasteiger partial charge in [-0.25, -0.2) is 19.4 Å². The Morgan fingerprint density at radius 3 is 2.56 bits per heavy atom. The Hall–Kier alpha value is -2.08. The number of phenolic OH excluding ortho intramolecular Hbond substituents is 1. The molecule has 1 aromatic carbocycles. The molecule has 0 fully saturated rings. The molecule has 0 aliphatic heterocycles. The zero-order chi connectivity index (χ0) is 13.8. The molecule has 0 aliphatic rings. The SMILES string of the molecule is CCC(=O)OOC(=O)C(C)(O)c1cccc(O)c1. The summed E-state index contributed by atoms with van der Waals surface area (Å²) in [6.45, 7) is 2.70. The van der Waals surface area contributed by atoms with Crippen LogP contribution in [-0.4, -0.2) is 22.2 Å². The lowest BCUT2D eigenvalue weighted by Gasteiger charge is -2.20. The molecule has 0 saturated heterocycles. The zero-order valence-electron chi connectivity index (χ0n) is 10.0. The highest BCUT2D eigenvalue weighted by molar-refractivity contribution is 5.81. The molecule has 2 N–H and O–H groups in total. The summed E-state index contributed by atoms with van der Waals surface area (Å²) in [6, 6.07) is 5.50. The molecule has 98 valence electrons. The maximum atomic E-state index is 11.6. The topological polar surface area (TPSA) is 93.1 Å². The fourth-order valence-electron chi connectivity index (χ4n) is 1.15. The van der Waals surface area contributed by atoms with E-state index in [4.69, 9.17) is 0 Å². The molecule has 6 nitrogen and oxygen atoms in total. The molecular weight excluding hydrogens is 240 g/mol. The van der Waals surface area contributed by atoms with E-state index in [0.717, 1.165) is 0 Å². The first-order chi connectivity index (χ1) is 8.37. The third-order valence-electron chi connectivity index (χ3n) is 2.30. The van der Waals surface area contributed by atoms with Crippen molar-refractivity contribution in [2.24, 2.45) is 0 Å². The molecule has 1 rings (SSSR count). The molecule has 1 atom stereocenters. The molecule has 0 aliphatic carbocycles. The van der Waals surface area contributed by atoms with Crippen molar-refractivity contribution in [2.45, 2.75) is 25.9 Å². The number of benzene rings is 1. The molecule has 0 spiro atoms. The largest absolute Gasteiger partial charge is 0.508 e. The molecule has 0 heterocycles. The quantitative estimate of drug-likeness (QED) is 0.617. The highest BCUT2D eigenvalue weighted by Crippen LogP contribution is 2.25. The molecule has 0 radical (unpaired) electrons. The molecule has 1 aromatic rings. The summed E-state index contributed by atoms with van der Waals surface area (Å²) in [4.78, 5) is 30.8. The smallest absolute Gasteiger partial charge is 0.390 e. The van der Waals surface area contributed by atoms with E-state index in [1.165, 1.54) is 38.1 Å². The van der Waals surface area contributed by atoms with Crippen LogP contribution in [0, 0.1) is 0 Å². The Morgan fingerprint density at radius 1 is 1.33 bits per heavy atom. The van der Waals surface area contributed by atoms with Gasteiger partial charge in [0.15, 0.2) is 5.60 Å². The van der Waals surface area contributed by atoms with Crippen molar-refractivity contribution < 1.29 is 29.6 Å². The summed E-state index contributed by atoms with van der Waals surface area (Å²) in [6.07, 6.45) is 0.0432. The van der Waals surface area contributed by atoms with Gasteiger partial charge in [0, 0.05) is 6.42 Å². The summed E-state index contributed by atoms with van der Waals surface area (Å²) in [5.74, 6) is -1.98. The lowest BCUT2D eigenvalue weighted by molar-refractivity contribution is -0.270. The first-order valence-electron chi connectivity index (χ1n) is 5.31. The first-order valence-corrected chi connectivity index (χ1v) is 5.31.